The quantitative estimate of drug-likeness (QED) is 0.346. The van der Waals surface area contributed by atoms with Crippen molar-refractivity contribution in [1.82, 2.24) is 4.90 Å². The Morgan fingerprint density at radius 2 is 1.86 bits per heavy atom. The number of nitrogens with zero attached hydrogens (tertiary/aromatic N) is 2. The van der Waals surface area contributed by atoms with Crippen LogP contribution in [0.2, 0.25) is 0 Å². The van der Waals surface area contributed by atoms with Gasteiger partial charge >= 0.3 is 0 Å². The van der Waals surface area contributed by atoms with Crippen LogP contribution < -0.4 is 5.32 Å². The van der Waals surface area contributed by atoms with Crippen molar-refractivity contribution in [3.05, 3.63) is 74.9 Å². The van der Waals surface area contributed by atoms with Gasteiger partial charge in [-0.2, -0.15) is 0 Å². The van der Waals surface area contributed by atoms with Crippen LogP contribution in [0.15, 0.2) is 53.4 Å². The van der Waals surface area contributed by atoms with Crippen LogP contribution >= 0.6 is 24.0 Å². The second-order valence-corrected chi connectivity index (χ2v) is 7.35. The SMILES string of the molecule is O=C(CN1C(=O)C(=Cc2ccc(F)cc2)SC1=S)Nc1ccc([N+](=O)[O-])cc1. The minimum Gasteiger partial charge on any atom is -0.325 e. The summed E-state index contributed by atoms with van der Waals surface area (Å²) in [5.41, 5.74) is 0.904. The highest BCUT2D eigenvalue weighted by atomic mass is 32.2. The van der Waals surface area contributed by atoms with E-state index in [2.05, 4.69) is 5.32 Å². The Morgan fingerprint density at radius 3 is 2.46 bits per heavy atom. The molecular formula is C18H12FN3O4S2. The van der Waals surface area contributed by atoms with Gasteiger partial charge in [-0.05, 0) is 35.9 Å². The zero-order valence-corrected chi connectivity index (χ0v) is 15.8. The zero-order valence-electron chi connectivity index (χ0n) is 14.1. The molecular weight excluding hydrogens is 405 g/mol. The summed E-state index contributed by atoms with van der Waals surface area (Å²) in [5.74, 6) is -1.29. The molecule has 1 heterocycles. The third kappa shape index (κ3) is 4.59. The Balaban J connectivity index is 1.65. The molecule has 1 aliphatic heterocycles. The van der Waals surface area contributed by atoms with Crippen molar-refractivity contribution < 1.29 is 18.9 Å². The average Bonchev–Trinajstić information content (AvgIpc) is 2.91. The minimum absolute atomic E-state index is 0.0964. The van der Waals surface area contributed by atoms with Gasteiger partial charge < -0.3 is 5.32 Å². The maximum absolute atomic E-state index is 13.0. The van der Waals surface area contributed by atoms with Crippen molar-refractivity contribution >= 4 is 57.6 Å². The molecule has 1 aliphatic rings. The number of nitro benzene ring substituents is 1. The molecule has 0 aromatic heterocycles. The molecule has 2 aromatic carbocycles. The number of nitro groups is 1. The maximum Gasteiger partial charge on any atom is 0.269 e. The van der Waals surface area contributed by atoms with Gasteiger partial charge in [-0.3, -0.25) is 24.6 Å². The minimum atomic E-state index is -0.543. The predicted molar refractivity (Wildman–Crippen MR) is 108 cm³/mol. The van der Waals surface area contributed by atoms with Gasteiger partial charge in [0.15, 0.2) is 0 Å². The molecule has 0 saturated carbocycles. The van der Waals surface area contributed by atoms with Gasteiger partial charge in [0.05, 0.1) is 9.83 Å². The number of hydrogen-bond acceptors (Lipinski definition) is 6. The lowest BCUT2D eigenvalue weighted by atomic mass is 10.2. The molecule has 3 rings (SSSR count). The number of anilines is 1. The first kappa shape index (κ1) is 19.6. The first-order chi connectivity index (χ1) is 13.3. The second kappa shape index (κ2) is 8.28. The molecule has 10 heteroatoms. The van der Waals surface area contributed by atoms with E-state index in [9.17, 15) is 24.1 Å². The highest BCUT2D eigenvalue weighted by Gasteiger charge is 2.33. The number of amides is 2. The van der Waals surface area contributed by atoms with E-state index in [1.54, 1.807) is 6.08 Å². The summed E-state index contributed by atoms with van der Waals surface area (Å²) in [6, 6.07) is 11.0. The number of carbonyl (C=O) groups excluding carboxylic acids is 2. The molecule has 1 N–H and O–H groups in total. The average molecular weight is 417 g/mol. The molecule has 1 fully saturated rings. The van der Waals surface area contributed by atoms with Crippen molar-refractivity contribution in [3.63, 3.8) is 0 Å². The molecule has 0 bridgehead atoms. The molecule has 2 aromatic rings. The van der Waals surface area contributed by atoms with Crippen molar-refractivity contribution in [3.8, 4) is 0 Å². The van der Waals surface area contributed by atoms with Crippen LogP contribution in [0.1, 0.15) is 5.56 Å². The maximum atomic E-state index is 13.0. The Kier molecular flexibility index (Phi) is 5.81. The number of rotatable bonds is 5. The van der Waals surface area contributed by atoms with E-state index in [0.29, 0.717) is 16.2 Å². The van der Waals surface area contributed by atoms with Gasteiger partial charge in [0.1, 0.15) is 16.7 Å². The summed E-state index contributed by atoms with van der Waals surface area (Å²) in [6.07, 6.45) is 1.58. The number of halogens is 1. The van der Waals surface area contributed by atoms with Gasteiger partial charge in [-0.25, -0.2) is 4.39 Å². The van der Waals surface area contributed by atoms with Crippen LogP contribution in [-0.2, 0) is 9.59 Å². The number of nitrogens with one attached hydrogen (secondary N) is 1. The lowest BCUT2D eigenvalue weighted by Gasteiger charge is -2.14. The molecule has 28 heavy (non-hydrogen) atoms. The van der Waals surface area contributed by atoms with E-state index in [1.807, 2.05) is 0 Å². The van der Waals surface area contributed by atoms with E-state index in [1.165, 1.54) is 48.5 Å². The monoisotopic (exact) mass is 417 g/mol. The van der Waals surface area contributed by atoms with Crippen molar-refractivity contribution in [2.45, 2.75) is 0 Å². The Labute approximate surface area is 168 Å². The van der Waals surface area contributed by atoms with Crippen LogP contribution in [-0.4, -0.2) is 32.5 Å². The fourth-order valence-electron chi connectivity index (χ4n) is 2.36. The highest BCUT2D eigenvalue weighted by molar-refractivity contribution is 8.26. The van der Waals surface area contributed by atoms with E-state index in [4.69, 9.17) is 12.2 Å². The Morgan fingerprint density at radius 1 is 1.21 bits per heavy atom. The highest BCUT2D eigenvalue weighted by Crippen LogP contribution is 2.32. The van der Waals surface area contributed by atoms with Crippen LogP contribution in [0.4, 0.5) is 15.8 Å². The van der Waals surface area contributed by atoms with E-state index < -0.39 is 16.7 Å². The Bertz CT molecular complexity index is 991. The molecule has 0 atom stereocenters. The molecule has 0 spiro atoms. The topological polar surface area (TPSA) is 92.6 Å². The first-order valence-corrected chi connectivity index (χ1v) is 9.11. The molecule has 0 aliphatic carbocycles. The zero-order chi connectivity index (χ0) is 20.3. The summed E-state index contributed by atoms with van der Waals surface area (Å²) in [6.45, 7) is -0.289. The van der Waals surface area contributed by atoms with Gasteiger partial charge in [0.2, 0.25) is 5.91 Å². The largest absolute Gasteiger partial charge is 0.325 e. The predicted octanol–water partition coefficient (Wildman–Crippen LogP) is 3.57. The molecule has 7 nitrogen and oxygen atoms in total. The van der Waals surface area contributed by atoms with E-state index in [-0.39, 0.29) is 22.4 Å². The van der Waals surface area contributed by atoms with E-state index in [0.717, 1.165) is 16.7 Å². The number of carbonyl (C=O) groups is 2. The smallest absolute Gasteiger partial charge is 0.269 e. The molecule has 0 unspecified atom stereocenters. The van der Waals surface area contributed by atoms with Gasteiger partial charge in [0, 0.05) is 17.8 Å². The second-order valence-electron chi connectivity index (χ2n) is 5.67. The number of hydrogen-bond donors (Lipinski definition) is 1. The fraction of sp³-hybridized carbons (Fsp3) is 0.0556. The van der Waals surface area contributed by atoms with Gasteiger partial charge in [0.25, 0.3) is 11.6 Å². The van der Waals surface area contributed by atoms with Crippen molar-refractivity contribution in [2.75, 3.05) is 11.9 Å². The lowest BCUT2D eigenvalue weighted by molar-refractivity contribution is -0.384. The summed E-state index contributed by atoms with van der Waals surface area (Å²) in [7, 11) is 0. The van der Waals surface area contributed by atoms with Crippen molar-refractivity contribution in [1.29, 1.82) is 0 Å². The molecule has 0 radical (unpaired) electrons. The first-order valence-electron chi connectivity index (χ1n) is 7.89. The number of benzene rings is 2. The summed E-state index contributed by atoms with van der Waals surface area (Å²) < 4.78 is 13.2. The van der Waals surface area contributed by atoms with Crippen LogP contribution in [0, 0.1) is 15.9 Å². The molecule has 142 valence electrons. The van der Waals surface area contributed by atoms with Crippen LogP contribution in [0.3, 0.4) is 0 Å². The third-order valence-corrected chi connectivity index (χ3v) is 5.08. The summed E-state index contributed by atoms with van der Waals surface area (Å²) in [5, 5.41) is 13.2. The summed E-state index contributed by atoms with van der Waals surface area (Å²) >= 11 is 6.23. The Hall–Kier alpha value is -3.11. The fourth-order valence-corrected chi connectivity index (χ4v) is 3.61. The summed E-state index contributed by atoms with van der Waals surface area (Å²) in [4.78, 5) is 36.3. The lowest BCUT2D eigenvalue weighted by Crippen LogP contribution is -2.36. The van der Waals surface area contributed by atoms with Crippen LogP contribution in [0.5, 0.6) is 0 Å². The van der Waals surface area contributed by atoms with Gasteiger partial charge in [-0.1, -0.05) is 36.1 Å². The van der Waals surface area contributed by atoms with E-state index >= 15 is 0 Å². The number of thiocarbonyl (C=S) groups is 1. The molecule has 1 saturated heterocycles. The van der Waals surface area contributed by atoms with Crippen LogP contribution in [0.25, 0.3) is 6.08 Å². The number of thioether (sulfide) groups is 1. The normalized spacial score (nSPS) is 15.2. The van der Waals surface area contributed by atoms with Crippen molar-refractivity contribution in [2.24, 2.45) is 0 Å². The third-order valence-electron chi connectivity index (χ3n) is 3.70. The molecule has 2 amide bonds. The number of non-ortho nitro benzene ring substituents is 1. The standard InChI is InChI=1S/C18H12FN3O4S2/c19-12-3-1-11(2-4-12)9-15-17(24)21(18(27)28-15)10-16(23)20-13-5-7-14(8-6-13)22(25)26/h1-9H,10H2,(H,20,23). The van der Waals surface area contributed by atoms with Gasteiger partial charge in [-0.15, -0.1) is 0 Å².